The molecule has 0 spiro atoms. The van der Waals surface area contributed by atoms with Crippen LogP contribution in [0.25, 0.3) is 11.0 Å². The third-order valence-corrected chi connectivity index (χ3v) is 4.12. The van der Waals surface area contributed by atoms with Gasteiger partial charge < -0.3 is 9.88 Å². The predicted molar refractivity (Wildman–Crippen MR) is 79.5 cm³/mol. The summed E-state index contributed by atoms with van der Waals surface area (Å²) in [5.41, 5.74) is 2.47. The largest absolute Gasteiger partial charge is 0.328 e. The average molecular weight is 257 g/mol. The number of aryl methyl sites for hydroxylation is 1. The molecule has 0 saturated carbocycles. The lowest BCUT2D eigenvalue weighted by Crippen LogP contribution is -2.28. The molecule has 1 aliphatic rings. The average Bonchev–Trinajstić information content (AvgIpc) is 2.85. The molecule has 19 heavy (non-hydrogen) atoms. The molecule has 3 heteroatoms. The van der Waals surface area contributed by atoms with Gasteiger partial charge in [0.05, 0.1) is 11.0 Å². The lowest BCUT2D eigenvalue weighted by atomic mass is 9.97. The Morgan fingerprint density at radius 3 is 2.84 bits per heavy atom. The van der Waals surface area contributed by atoms with Crippen molar-refractivity contribution in [2.45, 2.75) is 45.1 Å². The van der Waals surface area contributed by atoms with Crippen LogP contribution in [0.4, 0.5) is 0 Å². The number of rotatable bonds is 4. The lowest BCUT2D eigenvalue weighted by Gasteiger charge is -2.23. The van der Waals surface area contributed by atoms with E-state index >= 15 is 0 Å². The van der Waals surface area contributed by atoms with Gasteiger partial charge in [0.2, 0.25) is 0 Å². The predicted octanol–water partition coefficient (Wildman–Crippen LogP) is 3.30. The van der Waals surface area contributed by atoms with E-state index in [-0.39, 0.29) is 0 Å². The van der Waals surface area contributed by atoms with Gasteiger partial charge in [0.25, 0.3) is 0 Å². The van der Waals surface area contributed by atoms with Crippen LogP contribution >= 0.6 is 0 Å². The van der Waals surface area contributed by atoms with Crippen molar-refractivity contribution in [3.63, 3.8) is 0 Å². The number of para-hydroxylation sites is 2. The van der Waals surface area contributed by atoms with Gasteiger partial charge in [0.15, 0.2) is 0 Å². The Hall–Kier alpha value is -1.35. The molecule has 1 N–H and O–H groups in total. The molecule has 0 unspecified atom stereocenters. The Bertz CT molecular complexity index is 538. The van der Waals surface area contributed by atoms with E-state index in [0.717, 1.165) is 25.2 Å². The van der Waals surface area contributed by atoms with Gasteiger partial charge in [-0.2, -0.15) is 0 Å². The summed E-state index contributed by atoms with van der Waals surface area (Å²) < 4.78 is 2.47. The van der Waals surface area contributed by atoms with E-state index in [0.29, 0.717) is 5.92 Å². The third-order valence-electron chi connectivity index (χ3n) is 4.12. The van der Waals surface area contributed by atoms with Crippen molar-refractivity contribution in [1.29, 1.82) is 0 Å². The van der Waals surface area contributed by atoms with Crippen LogP contribution in [0.15, 0.2) is 24.3 Å². The van der Waals surface area contributed by atoms with Gasteiger partial charge in [0.1, 0.15) is 5.82 Å². The minimum absolute atomic E-state index is 0.630. The van der Waals surface area contributed by atoms with Gasteiger partial charge in [-0.3, -0.25) is 0 Å². The first kappa shape index (κ1) is 12.7. The molecule has 3 rings (SSSR count). The fourth-order valence-corrected chi connectivity index (χ4v) is 3.04. The number of nitrogens with zero attached hydrogens (tertiary/aromatic N) is 2. The number of benzene rings is 1. The molecule has 0 radical (unpaired) electrons. The van der Waals surface area contributed by atoms with Gasteiger partial charge in [-0.15, -0.1) is 0 Å². The number of unbranched alkanes of at least 4 members (excludes halogenated alkanes) is 1. The lowest BCUT2D eigenvalue weighted by molar-refractivity contribution is 0.430. The summed E-state index contributed by atoms with van der Waals surface area (Å²) in [4.78, 5) is 4.92. The molecule has 0 bridgehead atoms. The molecule has 3 nitrogen and oxygen atoms in total. The Labute approximate surface area is 115 Å². The number of imidazole rings is 1. The second-order valence-corrected chi connectivity index (χ2v) is 5.49. The molecule has 0 aliphatic carbocycles. The van der Waals surface area contributed by atoms with Gasteiger partial charge >= 0.3 is 0 Å². The summed E-state index contributed by atoms with van der Waals surface area (Å²) in [6.07, 6.45) is 4.90. The number of hydrogen-bond acceptors (Lipinski definition) is 2. The Morgan fingerprint density at radius 2 is 2.05 bits per heavy atom. The highest BCUT2D eigenvalue weighted by molar-refractivity contribution is 5.76. The van der Waals surface area contributed by atoms with Crippen LogP contribution in [0.2, 0.25) is 0 Å². The molecular weight excluding hydrogens is 234 g/mol. The van der Waals surface area contributed by atoms with E-state index in [2.05, 4.69) is 41.1 Å². The molecule has 1 aliphatic heterocycles. The minimum Gasteiger partial charge on any atom is -0.328 e. The molecule has 1 fully saturated rings. The molecule has 0 amide bonds. The summed E-state index contributed by atoms with van der Waals surface area (Å²) in [6.45, 7) is 5.61. The van der Waals surface area contributed by atoms with Gasteiger partial charge in [0, 0.05) is 12.5 Å². The number of fused-ring (bicyclic) bond motifs is 1. The first-order chi connectivity index (χ1) is 9.40. The molecule has 0 atom stereocenters. The number of aromatic nitrogens is 2. The highest BCUT2D eigenvalue weighted by Gasteiger charge is 2.21. The summed E-state index contributed by atoms with van der Waals surface area (Å²) in [5, 5.41) is 3.44. The number of piperidine rings is 1. The van der Waals surface area contributed by atoms with Crippen molar-refractivity contribution in [2.24, 2.45) is 0 Å². The van der Waals surface area contributed by atoms with Crippen molar-refractivity contribution in [2.75, 3.05) is 13.1 Å². The van der Waals surface area contributed by atoms with Crippen molar-refractivity contribution in [3.05, 3.63) is 30.1 Å². The smallest absolute Gasteiger partial charge is 0.113 e. The fraction of sp³-hybridized carbons (Fsp3) is 0.562. The second-order valence-electron chi connectivity index (χ2n) is 5.49. The monoisotopic (exact) mass is 257 g/mol. The Kier molecular flexibility index (Phi) is 3.83. The topological polar surface area (TPSA) is 29.9 Å². The summed E-state index contributed by atoms with van der Waals surface area (Å²) >= 11 is 0. The zero-order valence-electron chi connectivity index (χ0n) is 11.7. The first-order valence-corrected chi connectivity index (χ1v) is 7.56. The summed E-state index contributed by atoms with van der Waals surface area (Å²) in [5.74, 6) is 1.95. The maximum absolute atomic E-state index is 4.92. The van der Waals surface area contributed by atoms with Gasteiger partial charge in [-0.1, -0.05) is 25.5 Å². The Balaban J connectivity index is 2.00. The number of nitrogens with one attached hydrogen (secondary N) is 1. The van der Waals surface area contributed by atoms with E-state index in [1.165, 1.54) is 37.0 Å². The minimum atomic E-state index is 0.630. The van der Waals surface area contributed by atoms with Crippen molar-refractivity contribution >= 4 is 11.0 Å². The molecule has 1 saturated heterocycles. The van der Waals surface area contributed by atoms with E-state index in [4.69, 9.17) is 4.98 Å². The van der Waals surface area contributed by atoms with Crippen molar-refractivity contribution < 1.29 is 0 Å². The zero-order valence-corrected chi connectivity index (χ0v) is 11.7. The van der Waals surface area contributed by atoms with Crippen LogP contribution in [0, 0.1) is 0 Å². The second kappa shape index (κ2) is 5.74. The van der Waals surface area contributed by atoms with E-state index in [1.807, 2.05) is 0 Å². The SMILES string of the molecule is CCCCn1c(C2CCNCC2)nc2ccccc21. The standard InChI is InChI=1S/C16H23N3/c1-2-3-12-19-15-7-5-4-6-14(15)18-16(19)13-8-10-17-11-9-13/h4-7,13,17H,2-3,8-12H2,1H3. The highest BCUT2D eigenvalue weighted by atomic mass is 15.1. The van der Waals surface area contributed by atoms with Crippen LogP contribution in [0.5, 0.6) is 0 Å². The van der Waals surface area contributed by atoms with Gasteiger partial charge in [-0.25, -0.2) is 4.98 Å². The third kappa shape index (κ3) is 2.52. The van der Waals surface area contributed by atoms with Crippen molar-refractivity contribution in [3.8, 4) is 0 Å². The van der Waals surface area contributed by atoms with Crippen LogP contribution in [0.3, 0.4) is 0 Å². The fourth-order valence-electron chi connectivity index (χ4n) is 3.04. The van der Waals surface area contributed by atoms with Crippen molar-refractivity contribution in [1.82, 2.24) is 14.9 Å². The summed E-state index contributed by atoms with van der Waals surface area (Å²) in [6, 6.07) is 8.56. The highest BCUT2D eigenvalue weighted by Crippen LogP contribution is 2.28. The molecular formula is C16H23N3. The van der Waals surface area contributed by atoms with Crippen LogP contribution < -0.4 is 5.32 Å². The Morgan fingerprint density at radius 1 is 1.26 bits per heavy atom. The molecule has 2 heterocycles. The summed E-state index contributed by atoms with van der Waals surface area (Å²) in [7, 11) is 0. The molecule has 1 aromatic heterocycles. The van der Waals surface area contributed by atoms with Crippen LogP contribution in [-0.2, 0) is 6.54 Å². The zero-order chi connectivity index (χ0) is 13.1. The molecule has 2 aromatic rings. The van der Waals surface area contributed by atoms with E-state index in [9.17, 15) is 0 Å². The maximum atomic E-state index is 4.92. The quantitative estimate of drug-likeness (QED) is 0.910. The maximum Gasteiger partial charge on any atom is 0.113 e. The molecule has 102 valence electrons. The van der Waals surface area contributed by atoms with E-state index in [1.54, 1.807) is 0 Å². The van der Waals surface area contributed by atoms with Crippen LogP contribution in [-0.4, -0.2) is 22.6 Å². The molecule has 1 aromatic carbocycles. The van der Waals surface area contributed by atoms with Gasteiger partial charge in [-0.05, 0) is 44.5 Å². The van der Waals surface area contributed by atoms with Crippen LogP contribution in [0.1, 0.15) is 44.3 Å². The number of hydrogen-bond donors (Lipinski definition) is 1. The first-order valence-electron chi connectivity index (χ1n) is 7.56. The normalized spacial score (nSPS) is 17.1. The van der Waals surface area contributed by atoms with E-state index < -0.39 is 0 Å².